The van der Waals surface area contributed by atoms with Gasteiger partial charge in [-0.25, -0.2) is 4.98 Å². The van der Waals surface area contributed by atoms with Gasteiger partial charge in [-0.15, -0.1) is 0 Å². The second-order valence-electron chi connectivity index (χ2n) is 6.45. The van der Waals surface area contributed by atoms with Crippen molar-refractivity contribution in [2.75, 3.05) is 13.7 Å². The molecule has 0 aliphatic heterocycles. The lowest BCUT2D eigenvalue weighted by Crippen LogP contribution is -2.20. The number of rotatable bonds is 9. The van der Waals surface area contributed by atoms with E-state index in [9.17, 15) is 4.79 Å². The fraction of sp³-hybridized carbons (Fsp3) is 0.217. The third-order valence-corrected chi connectivity index (χ3v) is 4.33. The predicted molar refractivity (Wildman–Crippen MR) is 113 cm³/mol. The zero-order valence-electron chi connectivity index (χ0n) is 16.7. The second kappa shape index (κ2) is 10.1. The number of methoxy groups -OCH3 is 1. The van der Waals surface area contributed by atoms with Gasteiger partial charge in [0.1, 0.15) is 0 Å². The summed E-state index contributed by atoms with van der Waals surface area (Å²) < 4.78 is 12.8. The number of hydrogen-bond acceptors (Lipinski definition) is 4. The molecule has 29 heavy (non-hydrogen) atoms. The third-order valence-electron chi connectivity index (χ3n) is 4.33. The number of carbonyl (C=O) groups is 1. The Balaban J connectivity index is 1.52. The van der Waals surface area contributed by atoms with Crippen molar-refractivity contribution in [3.63, 3.8) is 0 Å². The summed E-state index contributed by atoms with van der Waals surface area (Å²) in [6, 6.07) is 13.7. The summed E-state index contributed by atoms with van der Waals surface area (Å²) in [6.07, 6.45) is 8.76. The van der Waals surface area contributed by atoms with E-state index in [4.69, 9.17) is 9.47 Å². The highest BCUT2D eigenvalue weighted by atomic mass is 16.5. The summed E-state index contributed by atoms with van der Waals surface area (Å²) in [7, 11) is 1.60. The Bertz CT molecular complexity index is 948. The van der Waals surface area contributed by atoms with E-state index >= 15 is 0 Å². The number of imidazole rings is 1. The third kappa shape index (κ3) is 5.97. The molecule has 0 radical (unpaired) electrons. The lowest BCUT2D eigenvalue weighted by atomic mass is 10.1. The summed E-state index contributed by atoms with van der Waals surface area (Å²) in [5.74, 6) is 1.18. The van der Waals surface area contributed by atoms with Crippen LogP contribution in [0.25, 0.3) is 6.08 Å². The topological polar surface area (TPSA) is 65.4 Å². The minimum atomic E-state index is -0.152. The van der Waals surface area contributed by atoms with Crippen LogP contribution in [0, 0.1) is 0 Å². The number of benzene rings is 2. The molecule has 0 saturated carbocycles. The molecule has 3 rings (SSSR count). The van der Waals surface area contributed by atoms with Gasteiger partial charge < -0.3 is 19.4 Å². The van der Waals surface area contributed by atoms with E-state index in [0.29, 0.717) is 24.7 Å². The second-order valence-corrected chi connectivity index (χ2v) is 6.45. The van der Waals surface area contributed by atoms with E-state index in [0.717, 1.165) is 17.7 Å². The van der Waals surface area contributed by atoms with Gasteiger partial charge in [0.05, 0.1) is 20.0 Å². The molecular formula is C23H25N3O3. The van der Waals surface area contributed by atoms with Gasteiger partial charge in [-0.05, 0) is 41.8 Å². The first-order valence-corrected chi connectivity index (χ1v) is 9.48. The van der Waals surface area contributed by atoms with Crippen molar-refractivity contribution in [3.05, 3.63) is 84.0 Å². The van der Waals surface area contributed by atoms with Gasteiger partial charge in [-0.3, -0.25) is 4.79 Å². The number of nitrogens with zero attached hydrogens (tertiary/aromatic N) is 2. The van der Waals surface area contributed by atoms with Crippen LogP contribution in [0.3, 0.4) is 0 Å². The lowest BCUT2D eigenvalue weighted by Gasteiger charge is -2.09. The van der Waals surface area contributed by atoms with Crippen LogP contribution in [-0.2, 0) is 17.9 Å². The van der Waals surface area contributed by atoms with Gasteiger partial charge in [0.2, 0.25) is 5.91 Å². The number of amides is 1. The normalized spacial score (nSPS) is 10.8. The standard InChI is InChI=1S/C23H25N3O3/c1-3-29-22-14-18(8-10-21(22)28-2)9-11-23(27)25-15-19-4-6-20(7-5-19)16-26-13-12-24-17-26/h4-14,17H,3,15-16H2,1-2H3,(H,25,27)/b11-9+. The van der Waals surface area contributed by atoms with Crippen molar-refractivity contribution >= 4 is 12.0 Å². The van der Waals surface area contributed by atoms with Crippen molar-refractivity contribution in [1.29, 1.82) is 0 Å². The summed E-state index contributed by atoms with van der Waals surface area (Å²) in [6.45, 7) is 3.72. The highest BCUT2D eigenvalue weighted by Gasteiger charge is 2.04. The maximum atomic E-state index is 12.1. The van der Waals surface area contributed by atoms with Crippen LogP contribution in [0.1, 0.15) is 23.6 Å². The molecule has 0 spiro atoms. The average molecular weight is 391 g/mol. The van der Waals surface area contributed by atoms with E-state index in [-0.39, 0.29) is 5.91 Å². The zero-order valence-corrected chi connectivity index (χ0v) is 16.7. The number of hydrogen-bond donors (Lipinski definition) is 1. The Morgan fingerprint density at radius 3 is 2.62 bits per heavy atom. The highest BCUT2D eigenvalue weighted by Crippen LogP contribution is 2.28. The van der Waals surface area contributed by atoms with Gasteiger partial charge in [-0.1, -0.05) is 30.3 Å². The molecule has 0 atom stereocenters. The molecule has 1 amide bonds. The molecule has 0 unspecified atom stereocenters. The maximum Gasteiger partial charge on any atom is 0.244 e. The minimum absolute atomic E-state index is 0.152. The molecular weight excluding hydrogens is 366 g/mol. The summed E-state index contributed by atoms with van der Waals surface area (Å²) in [4.78, 5) is 16.2. The van der Waals surface area contributed by atoms with Crippen LogP contribution in [0.15, 0.2) is 67.3 Å². The van der Waals surface area contributed by atoms with Gasteiger partial charge in [0.15, 0.2) is 11.5 Å². The number of aromatic nitrogens is 2. The fourth-order valence-electron chi connectivity index (χ4n) is 2.84. The van der Waals surface area contributed by atoms with E-state index in [1.54, 1.807) is 25.7 Å². The highest BCUT2D eigenvalue weighted by molar-refractivity contribution is 5.91. The molecule has 0 aliphatic carbocycles. The SMILES string of the molecule is CCOc1cc(/C=C/C(=O)NCc2ccc(Cn3ccnc3)cc2)ccc1OC. The maximum absolute atomic E-state index is 12.1. The van der Waals surface area contributed by atoms with Crippen LogP contribution in [0.2, 0.25) is 0 Å². The van der Waals surface area contributed by atoms with Crippen LogP contribution in [-0.4, -0.2) is 29.2 Å². The Morgan fingerprint density at radius 1 is 1.14 bits per heavy atom. The Morgan fingerprint density at radius 2 is 1.93 bits per heavy atom. The van der Waals surface area contributed by atoms with Gasteiger partial charge in [-0.2, -0.15) is 0 Å². The lowest BCUT2D eigenvalue weighted by molar-refractivity contribution is -0.116. The average Bonchev–Trinajstić information content (AvgIpc) is 3.25. The molecule has 150 valence electrons. The van der Waals surface area contributed by atoms with Crippen molar-refractivity contribution in [1.82, 2.24) is 14.9 Å². The molecule has 1 aromatic heterocycles. The largest absolute Gasteiger partial charge is 0.493 e. The molecule has 0 fully saturated rings. The van der Waals surface area contributed by atoms with Crippen molar-refractivity contribution in [2.24, 2.45) is 0 Å². The van der Waals surface area contributed by atoms with Crippen molar-refractivity contribution < 1.29 is 14.3 Å². The smallest absolute Gasteiger partial charge is 0.244 e. The van der Waals surface area contributed by atoms with E-state index < -0.39 is 0 Å². The molecule has 1 N–H and O–H groups in total. The van der Waals surface area contributed by atoms with Crippen LogP contribution < -0.4 is 14.8 Å². The number of ether oxygens (including phenoxy) is 2. The van der Waals surface area contributed by atoms with Crippen molar-refractivity contribution in [3.8, 4) is 11.5 Å². The van der Waals surface area contributed by atoms with Crippen molar-refractivity contribution in [2.45, 2.75) is 20.0 Å². The molecule has 2 aromatic carbocycles. The molecule has 6 nitrogen and oxygen atoms in total. The molecule has 6 heteroatoms. The number of nitrogens with one attached hydrogen (secondary N) is 1. The quantitative estimate of drug-likeness (QED) is 0.565. The molecule has 0 bridgehead atoms. The monoisotopic (exact) mass is 391 g/mol. The molecule has 0 saturated heterocycles. The summed E-state index contributed by atoms with van der Waals surface area (Å²) in [5.41, 5.74) is 3.10. The zero-order chi connectivity index (χ0) is 20.5. The van der Waals surface area contributed by atoms with Crippen LogP contribution >= 0.6 is 0 Å². The Kier molecular flexibility index (Phi) is 7.05. The van der Waals surface area contributed by atoms with Crippen LogP contribution in [0.4, 0.5) is 0 Å². The van der Waals surface area contributed by atoms with Gasteiger partial charge in [0, 0.05) is 31.6 Å². The summed E-state index contributed by atoms with van der Waals surface area (Å²) in [5, 5.41) is 2.90. The first-order chi connectivity index (χ1) is 14.2. The first kappa shape index (κ1) is 20.2. The number of carbonyl (C=O) groups excluding carboxylic acids is 1. The van der Waals surface area contributed by atoms with Crippen LogP contribution in [0.5, 0.6) is 11.5 Å². The van der Waals surface area contributed by atoms with Gasteiger partial charge in [0.25, 0.3) is 0 Å². The minimum Gasteiger partial charge on any atom is -0.493 e. The van der Waals surface area contributed by atoms with E-state index in [2.05, 4.69) is 22.4 Å². The molecule has 1 heterocycles. The molecule has 0 aliphatic rings. The summed E-state index contributed by atoms with van der Waals surface area (Å²) >= 11 is 0. The van der Waals surface area contributed by atoms with E-state index in [1.165, 1.54) is 11.6 Å². The molecule has 3 aromatic rings. The van der Waals surface area contributed by atoms with E-state index in [1.807, 2.05) is 48.0 Å². The Hall–Kier alpha value is -3.54. The first-order valence-electron chi connectivity index (χ1n) is 9.48. The van der Waals surface area contributed by atoms with Gasteiger partial charge >= 0.3 is 0 Å². The predicted octanol–water partition coefficient (Wildman–Crippen LogP) is 3.67. The fourth-order valence-corrected chi connectivity index (χ4v) is 2.84. The Labute approximate surface area is 170 Å².